The molecule has 2 aliphatic rings. The minimum Gasteiger partial charge on any atom is -0.394 e. The Bertz CT molecular complexity index is 335. The van der Waals surface area contributed by atoms with Gasteiger partial charge in [0.05, 0.1) is 12.1 Å². The molecule has 2 N–H and O–H groups in total. The van der Waals surface area contributed by atoms with Crippen LogP contribution in [0, 0.1) is 17.8 Å². The van der Waals surface area contributed by atoms with Gasteiger partial charge in [0, 0.05) is 17.8 Å². The van der Waals surface area contributed by atoms with Crippen molar-refractivity contribution in [3.63, 3.8) is 0 Å². The Hall–Kier alpha value is -0.900. The van der Waals surface area contributed by atoms with Crippen molar-refractivity contribution >= 4 is 11.7 Å². The summed E-state index contributed by atoms with van der Waals surface area (Å²) in [5, 5.41) is 12.1. The van der Waals surface area contributed by atoms with Gasteiger partial charge in [0.25, 0.3) is 0 Å². The standard InChI is InChI=1S/C14H23NO3/c1-14(2,8-16)15-13(18)11-6-9-4-3-5-10(7-11)12(9)17/h9-11,16H,3-8H2,1-2H3,(H,15,18). The van der Waals surface area contributed by atoms with Gasteiger partial charge in [-0.25, -0.2) is 0 Å². The Balaban J connectivity index is 1.98. The Morgan fingerprint density at radius 1 is 1.33 bits per heavy atom. The van der Waals surface area contributed by atoms with Crippen LogP contribution in [0.1, 0.15) is 46.0 Å². The maximum atomic E-state index is 12.2. The third-order valence-electron chi connectivity index (χ3n) is 4.28. The van der Waals surface area contributed by atoms with E-state index >= 15 is 0 Å². The molecular weight excluding hydrogens is 230 g/mol. The number of nitrogens with one attached hydrogen (secondary N) is 1. The monoisotopic (exact) mass is 253 g/mol. The van der Waals surface area contributed by atoms with E-state index in [4.69, 9.17) is 0 Å². The zero-order valence-electron chi connectivity index (χ0n) is 11.2. The quantitative estimate of drug-likeness (QED) is 0.796. The van der Waals surface area contributed by atoms with Crippen molar-refractivity contribution in [1.29, 1.82) is 0 Å². The smallest absolute Gasteiger partial charge is 0.223 e. The van der Waals surface area contributed by atoms with Gasteiger partial charge in [-0.15, -0.1) is 0 Å². The number of rotatable bonds is 3. The van der Waals surface area contributed by atoms with Crippen LogP contribution in [-0.2, 0) is 9.59 Å². The van der Waals surface area contributed by atoms with E-state index in [1.807, 2.05) is 0 Å². The van der Waals surface area contributed by atoms with Crippen LogP contribution >= 0.6 is 0 Å². The second-order valence-electron chi connectivity index (χ2n) is 6.43. The Labute approximate surface area is 108 Å². The minimum absolute atomic E-state index is 0.00144. The maximum Gasteiger partial charge on any atom is 0.223 e. The topological polar surface area (TPSA) is 66.4 Å². The van der Waals surface area contributed by atoms with E-state index in [9.17, 15) is 14.7 Å². The number of aliphatic hydroxyl groups excluding tert-OH is 1. The van der Waals surface area contributed by atoms with Gasteiger partial charge in [0.15, 0.2) is 0 Å². The lowest BCUT2D eigenvalue weighted by atomic mass is 9.67. The van der Waals surface area contributed by atoms with Crippen LogP contribution in [-0.4, -0.2) is 28.9 Å². The number of ketones is 1. The lowest BCUT2D eigenvalue weighted by Crippen LogP contribution is -2.51. The first-order chi connectivity index (χ1) is 8.43. The van der Waals surface area contributed by atoms with Gasteiger partial charge in [-0.3, -0.25) is 9.59 Å². The Morgan fingerprint density at radius 3 is 2.39 bits per heavy atom. The van der Waals surface area contributed by atoms with E-state index in [2.05, 4.69) is 5.32 Å². The summed E-state index contributed by atoms with van der Waals surface area (Å²) in [5.74, 6) is 0.532. The summed E-state index contributed by atoms with van der Waals surface area (Å²) in [4.78, 5) is 24.1. The summed E-state index contributed by atoms with van der Waals surface area (Å²) in [6.45, 7) is 3.54. The van der Waals surface area contributed by atoms with Crippen LogP contribution in [0.3, 0.4) is 0 Å². The number of amides is 1. The van der Waals surface area contributed by atoms with Gasteiger partial charge in [0.2, 0.25) is 5.91 Å². The van der Waals surface area contributed by atoms with Crippen molar-refractivity contribution in [2.45, 2.75) is 51.5 Å². The molecule has 18 heavy (non-hydrogen) atoms. The second kappa shape index (κ2) is 5.00. The van der Waals surface area contributed by atoms with E-state index in [0.29, 0.717) is 18.6 Å². The third kappa shape index (κ3) is 2.74. The molecule has 2 rings (SSSR count). The molecule has 4 heteroatoms. The summed E-state index contributed by atoms with van der Waals surface area (Å²) < 4.78 is 0. The minimum atomic E-state index is -0.576. The van der Waals surface area contributed by atoms with Crippen LogP contribution in [0.25, 0.3) is 0 Å². The van der Waals surface area contributed by atoms with Gasteiger partial charge in [-0.1, -0.05) is 6.42 Å². The number of carbonyl (C=O) groups is 2. The molecule has 2 atom stereocenters. The molecule has 2 saturated carbocycles. The van der Waals surface area contributed by atoms with Crippen molar-refractivity contribution in [1.82, 2.24) is 5.32 Å². The van der Waals surface area contributed by atoms with Crippen molar-refractivity contribution in [2.75, 3.05) is 6.61 Å². The molecule has 0 aliphatic heterocycles. The van der Waals surface area contributed by atoms with Gasteiger partial charge in [-0.2, -0.15) is 0 Å². The molecule has 0 heterocycles. The molecule has 0 aromatic heterocycles. The second-order valence-corrected chi connectivity index (χ2v) is 6.43. The van der Waals surface area contributed by atoms with Crippen LogP contribution in [0.2, 0.25) is 0 Å². The number of hydrogen-bond donors (Lipinski definition) is 2. The van der Waals surface area contributed by atoms with Crippen LogP contribution in [0.4, 0.5) is 0 Å². The highest BCUT2D eigenvalue weighted by molar-refractivity contribution is 5.88. The predicted octanol–water partition coefficient (Wildman–Crippen LogP) is 1.27. The summed E-state index contributed by atoms with van der Waals surface area (Å²) in [6, 6.07) is 0. The fourth-order valence-corrected chi connectivity index (χ4v) is 3.17. The first-order valence-corrected chi connectivity index (χ1v) is 6.89. The Morgan fingerprint density at radius 2 is 1.89 bits per heavy atom. The fourth-order valence-electron chi connectivity index (χ4n) is 3.17. The zero-order chi connectivity index (χ0) is 13.3. The molecule has 102 valence electrons. The van der Waals surface area contributed by atoms with E-state index in [1.165, 1.54) is 0 Å². The van der Waals surface area contributed by atoms with Crippen LogP contribution in [0.15, 0.2) is 0 Å². The molecule has 2 unspecified atom stereocenters. The summed E-state index contributed by atoms with van der Waals surface area (Å²) >= 11 is 0. The molecule has 0 aromatic rings. The van der Waals surface area contributed by atoms with E-state index in [1.54, 1.807) is 13.8 Å². The fraction of sp³-hybridized carbons (Fsp3) is 0.857. The average Bonchev–Trinajstić information content (AvgIpc) is 2.27. The summed E-state index contributed by atoms with van der Waals surface area (Å²) in [5.41, 5.74) is -0.576. The van der Waals surface area contributed by atoms with Crippen molar-refractivity contribution in [3.05, 3.63) is 0 Å². The molecule has 2 fully saturated rings. The lowest BCUT2D eigenvalue weighted by Gasteiger charge is -2.38. The number of hydrogen-bond acceptors (Lipinski definition) is 3. The largest absolute Gasteiger partial charge is 0.394 e. The van der Waals surface area contributed by atoms with Crippen molar-refractivity contribution < 1.29 is 14.7 Å². The summed E-state index contributed by atoms with van der Waals surface area (Å²) in [6.07, 6.45) is 4.41. The molecule has 1 amide bonds. The highest BCUT2D eigenvalue weighted by Crippen LogP contribution is 2.40. The highest BCUT2D eigenvalue weighted by Gasteiger charge is 2.41. The lowest BCUT2D eigenvalue weighted by molar-refractivity contribution is -0.138. The highest BCUT2D eigenvalue weighted by atomic mass is 16.3. The number of Topliss-reactive ketones (excluding diaryl/α,β-unsaturated/α-hetero) is 1. The number of carbonyl (C=O) groups excluding carboxylic acids is 2. The molecular formula is C14H23NO3. The average molecular weight is 253 g/mol. The number of aliphatic hydroxyl groups is 1. The van der Waals surface area contributed by atoms with E-state index < -0.39 is 5.54 Å². The zero-order valence-corrected chi connectivity index (χ0v) is 11.2. The molecule has 2 bridgehead atoms. The molecule has 4 nitrogen and oxygen atoms in total. The van der Waals surface area contributed by atoms with Gasteiger partial charge >= 0.3 is 0 Å². The molecule has 0 spiro atoms. The molecule has 0 saturated heterocycles. The first-order valence-electron chi connectivity index (χ1n) is 6.89. The van der Waals surface area contributed by atoms with Crippen molar-refractivity contribution in [3.8, 4) is 0 Å². The first kappa shape index (κ1) is 13.5. The predicted molar refractivity (Wildman–Crippen MR) is 67.9 cm³/mol. The molecule has 2 aliphatic carbocycles. The Kier molecular flexibility index (Phi) is 3.76. The molecule has 0 aromatic carbocycles. The SMILES string of the molecule is CC(C)(CO)NC(=O)C1CC2CCCC(C1)C2=O. The molecule has 0 radical (unpaired) electrons. The van der Waals surface area contributed by atoms with Gasteiger partial charge < -0.3 is 10.4 Å². The maximum absolute atomic E-state index is 12.2. The van der Waals surface area contributed by atoms with Crippen molar-refractivity contribution in [2.24, 2.45) is 17.8 Å². The third-order valence-corrected chi connectivity index (χ3v) is 4.28. The summed E-state index contributed by atoms with van der Waals surface area (Å²) in [7, 11) is 0. The van der Waals surface area contributed by atoms with Crippen LogP contribution < -0.4 is 5.32 Å². The van der Waals surface area contributed by atoms with Gasteiger partial charge in [0.1, 0.15) is 5.78 Å². The van der Waals surface area contributed by atoms with Gasteiger partial charge in [-0.05, 0) is 39.5 Å². The van der Waals surface area contributed by atoms with E-state index in [-0.39, 0.29) is 30.3 Å². The normalized spacial score (nSPS) is 32.2. The van der Waals surface area contributed by atoms with E-state index in [0.717, 1.165) is 19.3 Å². The van der Waals surface area contributed by atoms with Crippen LogP contribution in [0.5, 0.6) is 0 Å². The number of fused-ring (bicyclic) bond motifs is 2.